The molecule has 0 radical (unpaired) electrons. The van der Waals surface area contributed by atoms with Gasteiger partial charge >= 0.3 is 0 Å². The molecule has 0 aliphatic carbocycles. The fourth-order valence-electron chi connectivity index (χ4n) is 1.44. The first-order valence-corrected chi connectivity index (χ1v) is 10.8. The Balaban J connectivity index is 1.62. The number of aromatic nitrogens is 6. The van der Waals surface area contributed by atoms with Gasteiger partial charge in [0.15, 0.2) is 5.16 Å². The minimum atomic E-state index is -0.336. The van der Waals surface area contributed by atoms with Gasteiger partial charge in [-0.15, -0.1) is 0 Å². The van der Waals surface area contributed by atoms with Crippen LogP contribution in [0.5, 0.6) is 23.5 Å². The van der Waals surface area contributed by atoms with E-state index in [0.717, 1.165) is 44.5 Å². The monoisotopic (exact) mass is 428 g/mol. The summed E-state index contributed by atoms with van der Waals surface area (Å²) in [6.07, 6.45) is 1.56. The summed E-state index contributed by atoms with van der Waals surface area (Å²) in [5, 5.41) is 38.7. The normalized spacial score (nSPS) is 10.8. The van der Waals surface area contributed by atoms with Gasteiger partial charge in [-0.25, -0.2) is 9.97 Å². The fraction of sp³-hybridized carbons (Fsp3) is 0. The molecule has 0 aliphatic rings. The molecule has 0 saturated heterocycles. The lowest BCUT2D eigenvalue weighted by Crippen LogP contribution is -1.88. The number of hydrogen-bond donors (Lipinski definition) is 4. The summed E-state index contributed by atoms with van der Waals surface area (Å²) in [6.45, 7) is 0. The zero-order valence-electron chi connectivity index (χ0n) is 12.4. The summed E-state index contributed by atoms with van der Waals surface area (Å²) in [7, 11) is 4.54. The molecule has 14 heteroatoms. The van der Waals surface area contributed by atoms with Crippen molar-refractivity contribution in [1.29, 1.82) is 0 Å². The van der Waals surface area contributed by atoms with Crippen molar-refractivity contribution in [2.45, 2.75) is 20.5 Å². The van der Waals surface area contributed by atoms with E-state index in [1.807, 2.05) is 0 Å². The standard InChI is InChI=1S/C12H8N6O4S4/c19-5-3-6(20)15-11(14-5)25-23-9-1-2-13-10(18-9)24-26-12-16-7(21)4-8(22)17-12/h1-4H,(H2,14,15,19,20)(H2,16,17,21,22). The molecule has 0 amide bonds. The number of rotatable bonds is 6. The van der Waals surface area contributed by atoms with Crippen molar-refractivity contribution in [2.24, 2.45) is 0 Å². The van der Waals surface area contributed by atoms with Crippen LogP contribution < -0.4 is 0 Å². The Morgan fingerprint density at radius 2 is 1.04 bits per heavy atom. The van der Waals surface area contributed by atoms with Crippen LogP contribution in [0.3, 0.4) is 0 Å². The van der Waals surface area contributed by atoms with Crippen molar-refractivity contribution in [3.63, 3.8) is 0 Å². The van der Waals surface area contributed by atoms with Crippen LogP contribution in [0.4, 0.5) is 0 Å². The molecule has 3 aromatic heterocycles. The van der Waals surface area contributed by atoms with Gasteiger partial charge in [-0.1, -0.05) is 0 Å². The zero-order chi connectivity index (χ0) is 18.5. The highest BCUT2D eigenvalue weighted by atomic mass is 33.1. The maximum absolute atomic E-state index is 9.34. The minimum absolute atomic E-state index is 0.159. The third-order valence-electron chi connectivity index (χ3n) is 2.36. The van der Waals surface area contributed by atoms with E-state index in [9.17, 15) is 20.4 Å². The molecule has 10 nitrogen and oxygen atoms in total. The van der Waals surface area contributed by atoms with Gasteiger partial charge in [0.2, 0.25) is 33.8 Å². The predicted octanol–water partition coefficient (Wildman–Crippen LogP) is 2.48. The highest BCUT2D eigenvalue weighted by Gasteiger charge is 2.09. The lowest BCUT2D eigenvalue weighted by Gasteiger charge is -2.03. The molecular weight excluding hydrogens is 420 g/mol. The van der Waals surface area contributed by atoms with Gasteiger partial charge in [0.05, 0.1) is 12.1 Å². The molecule has 3 heterocycles. The lowest BCUT2D eigenvalue weighted by molar-refractivity contribution is 0.410. The van der Waals surface area contributed by atoms with Crippen molar-refractivity contribution >= 4 is 43.2 Å². The van der Waals surface area contributed by atoms with Crippen LogP contribution in [0.2, 0.25) is 0 Å². The van der Waals surface area contributed by atoms with E-state index in [-0.39, 0.29) is 33.8 Å². The van der Waals surface area contributed by atoms with E-state index >= 15 is 0 Å². The van der Waals surface area contributed by atoms with E-state index < -0.39 is 0 Å². The summed E-state index contributed by atoms with van der Waals surface area (Å²) < 4.78 is 0. The quantitative estimate of drug-likeness (QED) is 0.257. The molecule has 3 rings (SSSR count). The van der Waals surface area contributed by atoms with Gasteiger partial charge in [-0.2, -0.15) is 19.9 Å². The molecular formula is C12H8N6O4S4. The molecule has 4 N–H and O–H groups in total. The molecule has 0 fully saturated rings. The average molecular weight is 429 g/mol. The summed E-state index contributed by atoms with van der Waals surface area (Å²) in [6, 6.07) is 3.74. The first-order chi connectivity index (χ1) is 12.5. The van der Waals surface area contributed by atoms with Crippen LogP contribution >= 0.6 is 43.2 Å². The van der Waals surface area contributed by atoms with Gasteiger partial charge in [0.1, 0.15) is 5.03 Å². The first-order valence-electron chi connectivity index (χ1n) is 6.54. The zero-order valence-corrected chi connectivity index (χ0v) is 15.7. The van der Waals surface area contributed by atoms with Crippen molar-refractivity contribution in [3.8, 4) is 23.5 Å². The molecule has 0 unspecified atom stereocenters. The SMILES string of the molecule is Oc1cc(O)nc(SSc2ccnc(SSc3nc(O)cc(O)n3)n2)n1. The van der Waals surface area contributed by atoms with Crippen molar-refractivity contribution in [3.05, 3.63) is 24.4 Å². The van der Waals surface area contributed by atoms with Crippen molar-refractivity contribution < 1.29 is 20.4 Å². The molecule has 0 spiro atoms. The summed E-state index contributed by atoms with van der Waals surface area (Å²) >= 11 is 0. The topological polar surface area (TPSA) is 158 Å². The van der Waals surface area contributed by atoms with E-state index in [4.69, 9.17) is 0 Å². The Bertz CT molecular complexity index is 823. The van der Waals surface area contributed by atoms with E-state index in [2.05, 4.69) is 29.9 Å². The fourth-order valence-corrected chi connectivity index (χ4v) is 4.71. The second kappa shape index (κ2) is 8.48. The predicted molar refractivity (Wildman–Crippen MR) is 96.2 cm³/mol. The largest absolute Gasteiger partial charge is 0.493 e. The van der Waals surface area contributed by atoms with Crippen LogP contribution in [-0.2, 0) is 0 Å². The molecule has 0 aromatic carbocycles. The Hall–Kier alpha value is -2.16. The van der Waals surface area contributed by atoms with Crippen LogP contribution in [0, 0.1) is 0 Å². The molecule has 0 saturated carbocycles. The maximum Gasteiger partial charge on any atom is 0.218 e. The lowest BCUT2D eigenvalue weighted by atomic mass is 10.6. The van der Waals surface area contributed by atoms with Gasteiger partial charge in [-0.05, 0) is 49.2 Å². The van der Waals surface area contributed by atoms with Crippen molar-refractivity contribution in [2.75, 3.05) is 0 Å². The average Bonchev–Trinajstić information content (AvgIpc) is 2.57. The summed E-state index contributed by atoms with van der Waals surface area (Å²) in [5.41, 5.74) is 0. The second-order valence-electron chi connectivity index (χ2n) is 4.24. The Kier molecular flexibility index (Phi) is 6.08. The highest BCUT2D eigenvalue weighted by Crippen LogP contribution is 2.38. The van der Waals surface area contributed by atoms with Gasteiger partial charge < -0.3 is 20.4 Å². The number of hydrogen-bond acceptors (Lipinski definition) is 14. The Morgan fingerprint density at radius 3 is 1.58 bits per heavy atom. The van der Waals surface area contributed by atoms with Crippen LogP contribution in [-0.4, -0.2) is 50.3 Å². The molecule has 0 bridgehead atoms. The van der Waals surface area contributed by atoms with Gasteiger partial charge in [-0.3, -0.25) is 0 Å². The third kappa shape index (κ3) is 5.42. The molecule has 0 atom stereocenters. The third-order valence-corrected chi connectivity index (χ3v) is 6.29. The van der Waals surface area contributed by atoms with Crippen LogP contribution in [0.25, 0.3) is 0 Å². The molecule has 26 heavy (non-hydrogen) atoms. The molecule has 0 aliphatic heterocycles. The number of nitrogens with zero attached hydrogens (tertiary/aromatic N) is 6. The Morgan fingerprint density at radius 1 is 0.577 bits per heavy atom. The summed E-state index contributed by atoms with van der Waals surface area (Å²) in [4.78, 5) is 23.5. The van der Waals surface area contributed by atoms with Crippen LogP contribution in [0.15, 0.2) is 44.9 Å². The van der Waals surface area contributed by atoms with Gasteiger partial charge in [0.25, 0.3) is 0 Å². The van der Waals surface area contributed by atoms with Gasteiger partial charge in [0, 0.05) is 6.20 Å². The van der Waals surface area contributed by atoms with E-state index in [1.54, 1.807) is 12.3 Å². The van der Waals surface area contributed by atoms with Crippen LogP contribution in [0.1, 0.15) is 0 Å². The number of aromatic hydroxyl groups is 4. The van der Waals surface area contributed by atoms with E-state index in [1.165, 1.54) is 10.8 Å². The Labute approximate surface area is 161 Å². The smallest absolute Gasteiger partial charge is 0.218 e. The first kappa shape index (κ1) is 18.6. The minimum Gasteiger partial charge on any atom is -0.493 e. The van der Waals surface area contributed by atoms with E-state index in [0.29, 0.717) is 10.2 Å². The molecule has 134 valence electrons. The maximum atomic E-state index is 9.34. The molecule has 3 aromatic rings. The second-order valence-corrected chi connectivity index (χ2v) is 8.43. The highest BCUT2D eigenvalue weighted by molar-refractivity contribution is 8.77. The summed E-state index contributed by atoms with van der Waals surface area (Å²) in [5.74, 6) is -1.33. The van der Waals surface area contributed by atoms with Crippen molar-refractivity contribution in [1.82, 2.24) is 29.9 Å².